The minimum atomic E-state index is -2.62. The molecule has 3 N–H and O–H groups in total. The van der Waals surface area contributed by atoms with Gasteiger partial charge < -0.3 is 20.5 Å². The van der Waals surface area contributed by atoms with E-state index in [9.17, 15) is 19.1 Å². The fourth-order valence-corrected chi connectivity index (χ4v) is 2.89. The third-order valence-corrected chi connectivity index (χ3v) is 4.97. The maximum absolute atomic E-state index is 12.4. The van der Waals surface area contributed by atoms with Crippen LogP contribution in [0.2, 0.25) is 0 Å². The van der Waals surface area contributed by atoms with E-state index in [4.69, 9.17) is 4.74 Å². The summed E-state index contributed by atoms with van der Waals surface area (Å²) in [6.45, 7) is 3.23. The number of aliphatic hydroxyl groups excluding tert-OH is 1. The van der Waals surface area contributed by atoms with Crippen molar-refractivity contribution in [3.8, 4) is 11.9 Å². The molecule has 2 aromatic heterocycles. The van der Waals surface area contributed by atoms with E-state index in [0.29, 0.717) is 17.8 Å². The summed E-state index contributed by atoms with van der Waals surface area (Å²) in [5.74, 6) is 0.631. The van der Waals surface area contributed by atoms with Crippen LogP contribution >= 0.6 is 0 Å². The number of nitrogens with one attached hydrogen (secondary N) is 2. The van der Waals surface area contributed by atoms with Gasteiger partial charge in [0.25, 0.3) is 6.43 Å². The van der Waals surface area contributed by atoms with Crippen LogP contribution < -0.4 is 15.4 Å². The Hall–Kier alpha value is -3.13. The molecule has 0 amide bonds. The lowest BCUT2D eigenvalue weighted by molar-refractivity contribution is -0.0511. The Bertz CT molecular complexity index is 904. The number of hydrogen-bond donors (Lipinski definition) is 3. The highest BCUT2D eigenvalue weighted by molar-refractivity contribution is 5.54. The number of aromatic nitrogens is 4. The molecule has 154 valence electrons. The van der Waals surface area contributed by atoms with Crippen molar-refractivity contribution in [2.45, 2.75) is 45.4 Å². The van der Waals surface area contributed by atoms with Crippen molar-refractivity contribution in [1.82, 2.24) is 19.9 Å². The summed E-state index contributed by atoms with van der Waals surface area (Å²) in [5, 5.41) is 25.4. The van der Waals surface area contributed by atoms with Crippen molar-refractivity contribution < 1.29 is 18.6 Å². The molecule has 0 bridgehead atoms. The highest BCUT2D eigenvalue weighted by atomic mass is 19.3. The second-order valence-electron chi connectivity index (χ2n) is 7.25. The van der Waals surface area contributed by atoms with Crippen molar-refractivity contribution in [2.75, 3.05) is 17.2 Å². The topological polar surface area (TPSA) is 129 Å². The van der Waals surface area contributed by atoms with E-state index >= 15 is 0 Å². The van der Waals surface area contributed by atoms with E-state index in [2.05, 4.69) is 30.6 Å². The molecule has 0 unspecified atom stereocenters. The van der Waals surface area contributed by atoms with Crippen LogP contribution in [0.4, 0.5) is 20.5 Å². The average molecular weight is 405 g/mol. The Balaban J connectivity index is 1.70. The molecule has 1 aliphatic rings. The molecule has 0 radical (unpaired) electrons. The third kappa shape index (κ3) is 4.65. The molecule has 9 nitrogen and oxygen atoms in total. The normalized spacial score (nSPS) is 19.9. The zero-order chi connectivity index (χ0) is 21.0. The molecule has 29 heavy (non-hydrogen) atoms. The second kappa shape index (κ2) is 8.48. The predicted molar refractivity (Wildman–Crippen MR) is 99.4 cm³/mol. The lowest BCUT2D eigenvalue weighted by Gasteiger charge is -2.49. The third-order valence-electron chi connectivity index (χ3n) is 4.97. The summed E-state index contributed by atoms with van der Waals surface area (Å²) in [4.78, 5) is 16.2. The number of nitriles is 1. The van der Waals surface area contributed by atoms with Crippen LogP contribution in [0.3, 0.4) is 0 Å². The smallest absolute Gasteiger partial charge is 0.272 e. The van der Waals surface area contributed by atoms with Gasteiger partial charge in [0.05, 0.1) is 17.9 Å². The van der Waals surface area contributed by atoms with E-state index in [1.807, 2.05) is 19.9 Å². The summed E-state index contributed by atoms with van der Waals surface area (Å²) in [6.07, 6.45) is 1.55. The van der Waals surface area contributed by atoms with Gasteiger partial charge in [-0.3, -0.25) is 0 Å². The summed E-state index contributed by atoms with van der Waals surface area (Å²) in [5.41, 5.74) is 0.388. The average Bonchev–Trinajstić information content (AvgIpc) is 2.71. The molecular formula is C18H21F2N7O2. The molecule has 2 aromatic rings. The summed E-state index contributed by atoms with van der Waals surface area (Å²) < 4.78 is 29.8. The van der Waals surface area contributed by atoms with Gasteiger partial charge >= 0.3 is 0 Å². The maximum Gasteiger partial charge on any atom is 0.272 e. The molecule has 1 fully saturated rings. The van der Waals surface area contributed by atoms with Crippen LogP contribution in [0, 0.1) is 16.7 Å². The van der Waals surface area contributed by atoms with Gasteiger partial charge in [0.15, 0.2) is 6.61 Å². The highest BCUT2D eigenvalue weighted by Crippen LogP contribution is 2.42. The van der Waals surface area contributed by atoms with Gasteiger partial charge in [0.1, 0.15) is 23.8 Å². The van der Waals surface area contributed by atoms with Gasteiger partial charge in [-0.25, -0.2) is 23.7 Å². The van der Waals surface area contributed by atoms with Crippen LogP contribution in [-0.2, 0) is 6.54 Å². The molecule has 2 heterocycles. The van der Waals surface area contributed by atoms with Gasteiger partial charge in [0, 0.05) is 24.2 Å². The first kappa shape index (κ1) is 20.6. The van der Waals surface area contributed by atoms with Crippen molar-refractivity contribution in [1.29, 1.82) is 5.26 Å². The molecule has 2 atom stereocenters. The van der Waals surface area contributed by atoms with Gasteiger partial charge in [-0.15, -0.1) is 0 Å². The van der Waals surface area contributed by atoms with Crippen molar-refractivity contribution >= 4 is 11.8 Å². The number of ether oxygens (including phenoxy) is 1. The molecular weight excluding hydrogens is 384 g/mol. The van der Waals surface area contributed by atoms with E-state index < -0.39 is 19.1 Å². The Morgan fingerprint density at radius 2 is 2.17 bits per heavy atom. The first-order valence-electron chi connectivity index (χ1n) is 8.96. The maximum atomic E-state index is 12.4. The Kier molecular flexibility index (Phi) is 6.03. The van der Waals surface area contributed by atoms with E-state index in [0.717, 1.165) is 0 Å². The van der Waals surface area contributed by atoms with Crippen molar-refractivity contribution in [2.24, 2.45) is 5.41 Å². The van der Waals surface area contributed by atoms with Gasteiger partial charge in [-0.2, -0.15) is 10.2 Å². The number of alkyl halides is 2. The van der Waals surface area contributed by atoms with Gasteiger partial charge in [-0.1, -0.05) is 13.8 Å². The lowest BCUT2D eigenvalue weighted by Crippen LogP contribution is -2.57. The van der Waals surface area contributed by atoms with Crippen LogP contribution in [0.5, 0.6) is 5.88 Å². The molecule has 0 spiro atoms. The first-order chi connectivity index (χ1) is 13.8. The largest absolute Gasteiger partial charge is 0.471 e. The quantitative estimate of drug-likeness (QED) is 0.603. The van der Waals surface area contributed by atoms with E-state index in [1.54, 1.807) is 0 Å². The van der Waals surface area contributed by atoms with Crippen LogP contribution in [0.1, 0.15) is 31.4 Å². The predicted octanol–water partition coefficient (Wildman–Crippen LogP) is 1.97. The van der Waals surface area contributed by atoms with Gasteiger partial charge in [-0.05, 0) is 6.42 Å². The SMILES string of the molecule is CC1(C)[C@@H](O)C[C@H]1Nc1nc(NCc2cncnc2OCC(F)F)ncc1C#N. The number of hydrogen-bond acceptors (Lipinski definition) is 9. The highest BCUT2D eigenvalue weighted by Gasteiger charge is 2.47. The van der Waals surface area contributed by atoms with Crippen molar-refractivity contribution in [3.63, 3.8) is 0 Å². The van der Waals surface area contributed by atoms with Crippen LogP contribution in [0.25, 0.3) is 0 Å². The lowest BCUT2D eigenvalue weighted by atomic mass is 9.64. The first-order valence-corrected chi connectivity index (χ1v) is 8.96. The van der Waals surface area contributed by atoms with Crippen LogP contribution in [0.15, 0.2) is 18.7 Å². The molecule has 11 heteroatoms. The van der Waals surface area contributed by atoms with E-state index in [1.165, 1.54) is 18.7 Å². The monoisotopic (exact) mass is 405 g/mol. The molecule has 3 rings (SSSR count). The number of aliphatic hydroxyl groups is 1. The summed E-state index contributed by atoms with van der Waals surface area (Å²) in [7, 11) is 0. The fraction of sp³-hybridized carbons (Fsp3) is 0.500. The Labute approximate surface area is 166 Å². The number of rotatable bonds is 8. The van der Waals surface area contributed by atoms with Crippen LogP contribution in [-0.4, -0.2) is 50.2 Å². The van der Waals surface area contributed by atoms with Gasteiger partial charge in [0.2, 0.25) is 11.8 Å². The van der Waals surface area contributed by atoms with E-state index in [-0.39, 0.29) is 35.4 Å². The molecule has 1 saturated carbocycles. The number of anilines is 2. The minimum Gasteiger partial charge on any atom is -0.471 e. The van der Waals surface area contributed by atoms with Crippen molar-refractivity contribution in [3.05, 3.63) is 29.8 Å². The zero-order valence-electron chi connectivity index (χ0n) is 15.9. The Morgan fingerprint density at radius 3 is 2.83 bits per heavy atom. The number of nitrogens with zero attached hydrogens (tertiary/aromatic N) is 5. The Morgan fingerprint density at radius 1 is 1.38 bits per heavy atom. The minimum absolute atomic E-state index is 0.0378. The number of halogens is 2. The summed E-state index contributed by atoms with van der Waals surface area (Å²) >= 11 is 0. The molecule has 0 aliphatic heterocycles. The fourth-order valence-electron chi connectivity index (χ4n) is 2.89. The second-order valence-corrected chi connectivity index (χ2v) is 7.25. The molecule has 0 saturated heterocycles. The zero-order valence-corrected chi connectivity index (χ0v) is 15.9. The summed E-state index contributed by atoms with van der Waals surface area (Å²) in [6, 6.07) is 2.00. The molecule has 1 aliphatic carbocycles. The standard InChI is InChI=1S/C18H21F2N7O2/c1-18(2)12(3-13(18)28)26-15-10(4-21)6-23-17(27-15)24-7-11-5-22-9-25-16(11)29-8-14(19)20/h5-6,9,12-14,28H,3,7-8H2,1-2H3,(H2,23,24,26,27)/t12-,13+/m1/s1. The molecule has 0 aromatic carbocycles.